The minimum absolute atomic E-state index is 0.0216. The fourth-order valence-electron chi connectivity index (χ4n) is 7.78. The molecule has 0 unspecified atom stereocenters. The predicted octanol–water partition coefficient (Wildman–Crippen LogP) is 11.5. The van der Waals surface area contributed by atoms with E-state index < -0.39 is 29.3 Å². The molecule has 396 valence electrons. The highest BCUT2D eigenvalue weighted by atomic mass is 16.6. The lowest BCUT2D eigenvalue weighted by molar-refractivity contribution is -0.173. The smallest absolute Gasteiger partial charge is 0.330 e. The summed E-state index contributed by atoms with van der Waals surface area (Å²) in [6.45, 7) is 6.16. The first kappa shape index (κ1) is 58.6. The molecule has 4 N–H and O–H groups in total. The van der Waals surface area contributed by atoms with Crippen molar-refractivity contribution in [1.29, 1.82) is 0 Å². The van der Waals surface area contributed by atoms with Crippen molar-refractivity contribution in [3.63, 3.8) is 0 Å². The van der Waals surface area contributed by atoms with Crippen LogP contribution >= 0.6 is 0 Å². The molecule has 0 spiro atoms. The molecule has 73 heavy (non-hydrogen) atoms. The molecular weight excluding hydrogens is 929 g/mol. The van der Waals surface area contributed by atoms with Gasteiger partial charge in [0.25, 0.3) is 0 Å². The van der Waals surface area contributed by atoms with E-state index >= 15 is 0 Å². The fraction of sp³-hybridized carbons (Fsp3) is 0.458. The Labute approximate surface area is 432 Å². The average Bonchev–Trinajstić information content (AvgIpc) is 3.40. The molecule has 0 fully saturated rings. The van der Waals surface area contributed by atoms with Gasteiger partial charge in [-0.25, -0.2) is 9.59 Å². The minimum Gasteiger partial charge on any atom is -0.493 e. The van der Waals surface area contributed by atoms with Gasteiger partial charge in [0, 0.05) is 23.5 Å². The lowest BCUT2D eigenvalue weighted by atomic mass is 9.76. The maximum Gasteiger partial charge on any atom is 0.330 e. The molecule has 0 aliphatic carbocycles. The van der Waals surface area contributed by atoms with E-state index in [1.165, 1.54) is 12.2 Å². The van der Waals surface area contributed by atoms with Crippen LogP contribution in [0.25, 0.3) is 12.2 Å². The van der Waals surface area contributed by atoms with Crippen LogP contribution in [-0.2, 0) is 51.0 Å². The maximum absolute atomic E-state index is 14.3. The van der Waals surface area contributed by atoms with Crippen LogP contribution in [0.1, 0.15) is 126 Å². The first-order valence-corrected chi connectivity index (χ1v) is 25.8. The lowest BCUT2D eigenvalue weighted by Crippen LogP contribution is -2.46. The Balaban J connectivity index is 1.24. The third-order valence-electron chi connectivity index (χ3n) is 12.0. The van der Waals surface area contributed by atoms with Crippen LogP contribution in [0, 0.1) is 5.41 Å². The quantitative estimate of drug-likeness (QED) is 0.0109. The van der Waals surface area contributed by atoms with Crippen LogP contribution in [0.15, 0.2) is 97.1 Å². The summed E-state index contributed by atoms with van der Waals surface area (Å²) >= 11 is 0. The summed E-state index contributed by atoms with van der Waals surface area (Å²) in [7, 11) is 3.17. The molecule has 0 radical (unpaired) electrons. The minimum atomic E-state index is -1.71. The topological polar surface area (TPSA) is 194 Å². The SMILES string of the molecule is CCCCCOc1ccc(C=CC(=O)OCCCCCCOC(=O)C(Cc2ccc(N)cc2)(Cc2ccc(N)cc2)C(=O)OCCCCCCOC(=O)C=Cc2ccc(OCCCCC)c(OC)c2)cc1OC. The highest BCUT2D eigenvalue weighted by Crippen LogP contribution is 2.34. The standard InChI is InChI=1S/C59H78N2O12/c1-5-7-13-35-68-51-31-23-45(41-53(51)66-3)25-33-55(62)70-37-15-9-11-17-39-72-57(64)59(43-47-19-27-49(60)28-20-47,44-48-21-29-50(61)30-22-48)58(65)73-40-18-12-10-16-38-71-56(63)34-26-46-24-32-52(54(42-46)67-4)69-36-14-8-6-2/h19-34,41-42H,5-18,35-40,43-44,60-61H2,1-4H3. The van der Waals surface area contributed by atoms with Gasteiger partial charge in [0.1, 0.15) is 0 Å². The van der Waals surface area contributed by atoms with Crippen LogP contribution in [0.3, 0.4) is 0 Å². The second kappa shape index (κ2) is 33.6. The molecular formula is C59H78N2O12. The number of unbranched alkanes of at least 4 members (excludes halogenated alkanes) is 10. The van der Waals surface area contributed by atoms with E-state index in [-0.39, 0.29) is 39.3 Å². The molecule has 0 atom stereocenters. The Morgan fingerprint density at radius 2 is 0.795 bits per heavy atom. The summed E-state index contributed by atoms with van der Waals surface area (Å²) in [5.74, 6) is 0.242. The summed E-state index contributed by atoms with van der Waals surface area (Å²) < 4.78 is 45.3. The number of hydrogen-bond donors (Lipinski definition) is 2. The third-order valence-corrected chi connectivity index (χ3v) is 12.0. The summed E-state index contributed by atoms with van der Waals surface area (Å²) in [6, 6.07) is 25.1. The zero-order valence-electron chi connectivity index (χ0n) is 43.5. The second-order valence-electron chi connectivity index (χ2n) is 18.0. The van der Waals surface area contributed by atoms with Crippen molar-refractivity contribution in [3.05, 3.63) is 119 Å². The molecule has 0 saturated carbocycles. The number of anilines is 2. The van der Waals surface area contributed by atoms with Gasteiger partial charge in [-0.05, 0) is 160 Å². The van der Waals surface area contributed by atoms with Gasteiger partial charge in [-0.2, -0.15) is 0 Å². The Bertz CT molecular complexity index is 2160. The van der Waals surface area contributed by atoms with Crippen molar-refractivity contribution in [2.24, 2.45) is 5.41 Å². The molecule has 0 aliphatic heterocycles. The van der Waals surface area contributed by atoms with Gasteiger partial charge in [0.05, 0.1) is 53.9 Å². The largest absolute Gasteiger partial charge is 0.493 e. The van der Waals surface area contributed by atoms with Crippen molar-refractivity contribution in [2.45, 2.75) is 117 Å². The van der Waals surface area contributed by atoms with Crippen LogP contribution in [-0.4, -0.2) is 77.7 Å². The normalized spacial score (nSPS) is 11.3. The van der Waals surface area contributed by atoms with E-state index in [2.05, 4.69) is 13.8 Å². The third kappa shape index (κ3) is 21.7. The Hall–Kier alpha value is -6.96. The van der Waals surface area contributed by atoms with Gasteiger partial charge in [-0.1, -0.05) is 75.9 Å². The zero-order valence-corrected chi connectivity index (χ0v) is 43.5. The van der Waals surface area contributed by atoms with E-state index in [1.54, 1.807) is 74.9 Å². The van der Waals surface area contributed by atoms with Crippen LogP contribution in [0.5, 0.6) is 23.0 Å². The molecule has 0 bridgehead atoms. The lowest BCUT2D eigenvalue weighted by Gasteiger charge is -2.30. The van der Waals surface area contributed by atoms with Crippen molar-refractivity contribution in [1.82, 2.24) is 0 Å². The molecule has 0 saturated heterocycles. The summed E-state index contributed by atoms with van der Waals surface area (Å²) in [5.41, 5.74) is 14.4. The molecule has 4 rings (SSSR count). The van der Waals surface area contributed by atoms with Crippen LogP contribution in [0.2, 0.25) is 0 Å². The Morgan fingerprint density at radius 1 is 0.438 bits per heavy atom. The first-order valence-electron chi connectivity index (χ1n) is 25.8. The molecule has 14 nitrogen and oxygen atoms in total. The van der Waals surface area contributed by atoms with Crippen molar-refractivity contribution < 1.29 is 57.1 Å². The highest BCUT2D eigenvalue weighted by molar-refractivity contribution is 6.01. The average molecular weight is 1010 g/mol. The van der Waals surface area contributed by atoms with E-state index in [0.29, 0.717) is 97.2 Å². The number of carbonyl (C=O) groups excluding carboxylic acids is 4. The number of carbonyl (C=O) groups is 4. The second-order valence-corrected chi connectivity index (χ2v) is 18.0. The van der Waals surface area contributed by atoms with Gasteiger partial charge >= 0.3 is 23.9 Å². The summed E-state index contributed by atoms with van der Waals surface area (Å²) in [4.78, 5) is 53.6. The Morgan fingerprint density at radius 3 is 1.15 bits per heavy atom. The fourth-order valence-corrected chi connectivity index (χ4v) is 7.78. The molecule has 0 amide bonds. The number of nitrogen functional groups attached to an aromatic ring is 2. The first-order chi connectivity index (χ1) is 35.5. The van der Waals surface area contributed by atoms with Gasteiger partial charge in [0.2, 0.25) is 0 Å². The molecule has 0 aromatic heterocycles. The summed E-state index contributed by atoms with van der Waals surface area (Å²) in [5, 5.41) is 0. The van der Waals surface area contributed by atoms with Crippen LogP contribution in [0.4, 0.5) is 11.4 Å². The Kier molecular flexibility index (Phi) is 27.0. The van der Waals surface area contributed by atoms with E-state index in [9.17, 15) is 19.2 Å². The van der Waals surface area contributed by atoms with Gasteiger partial charge in [-0.15, -0.1) is 0 Å². The van der Waals surface area contributed by atoms with Crippen molar-refractivity contribution in [2.75, 3.05) is 65.3 Å². The number of esters is 4. The number of benzene rings is 4. The van der Waals surface area contributed by atoms with E-state index in [1.807, 2.05) is 36.4 Å². The maximum atomic E-state index is 14.3. The summed E-state index contributed by atoms with van der Waals surface area (Å²) in [6.07, 6.45) is 17.7. The number of methoxy groups -OCH3 is 2. The van der Waals surface area contributed by atoms with Crippen molar-refractivity contribution >= 4 is 47.4 Å². The van der Waals surface area contributed by atoms with Gasteiger partial charge in [0.15, 0.2) is 28.4 Å². The monoisotopic (exact) mass is 1010 g/mol. The molecule has 4 aromatic carbocycles. The number of ether oxygens (including phenoxy) is 8. The van der Waals surface area contributed by atoms with Gasteiger partial charge < -0.3 is 49.4 Å². The molecule has 4 aromatic rings. The molecule has 0 aliphatic rings. The van der Waals surface area contributed by atoms with Gasteiger partial charge in [-0.3, -0.25) is 9.59 Å². The number of nitrogens with two attached hydrogens (primary N) is 2. The molecule has 14 heteroatoms. The number of rotatable bonds is 36. The van der Waals surface area contributed by atoms with Crippen molar-refractivity contribution in [3.8, 4) is 23.0 Å². The molecule has 0 heterocycles. The van der Waals surface area contributed by atoms with E-state index in [0.717, 1.165) is 62.5 Å². The van der Waals surface area contributed by atoms with Crippen LogP contribution < -0.4 is 30.4 Å². The zero-order chi connectivity index (χ0) is 52.5. The number of hydrogen-bond acceptors (Lipinski definition) is 14. The highest BCUT2D eigenvalue weighted by Gasteiger charge is 2.49. The van der Waals surface area contributed by atoms with E-state index in [4.69, 9.17) is 49.4 Å². The predicted molar refractivity (Wildman–Crippen MR) is 286 cm³/mol.